The molecule has 0 spiro atoms. The number of piperidine rings is 1. The molecule has 4 nitrogen and oxygen atoms in total. The number of hydrogen-bond donors (Lipinski definition) is 0. The Hall–Kier alpha value is -4.44. The van der Waals surface area contributed by atoms with Crippen molar-refractivity contribution >= 4 is 11.6 Å². The molecule has 1 amide bonds. The Balaban J connectivity index is 1.28. The molecule has 0 bridgehead atoms. The number of anilines is 1. The van der Waals surface area contributed by atoms with Crippen LogP contribution in [0, 0.1) is 5.92 Å². The van der Waals surface area contributed by atoms with E-state index in [2.05, 4.69) is 102 Å². The Bertz CT molecular complexity index is 1400. The van der Waals surface area contributed by atoms with Gasteiger partial charge in [0.05, 0.1) is 12.0 Å². The van der Waals surface area contributed by atoms with Crippen molar-refractivity contribution < 1.29 is 4.79 Å². The zero-order valence-corrected chi connectivity index (χ0v) is 22.1. The molecule has 5 aromatic rings. The highest BCUT2D eigenvalue weighted by molar-refractivity contribution is 5.94. The molecule has 194 valence electrons. The maximum Gasteiger partial charge on any atom is 0.227 e. The first-order valence-electron chi connectivity index (χ1n) is 13.8. The minimum Gasteiger partial charge on any atom is -0.319 e. The SMILES string of the molecule is O=C1CC(CCc2cn(C(c3ccccc3)(c3ccccc3)c3ccccc3)cn2)CCN1c1ccccc1. The highest BCUT2D eigenvalue weighted by Gasteiger charge is 2.38. The Kier molecular flexibility index (Phi) is 7.09. The second-order valence-electron chi connectivity index (χ2n) is 10.4. The molecule has 0 aliphatic carbocycles. The first kappa shape index (κ1) is 24.9. The Morgan fingerprint density at radius 3 is 1.74 bits per heavy atom. The maximum absolute atomic E-state index is 12.9. The number of carbonyl (C=O) groups excluding carboxylic acids is 1. The molecular formula is C35H33N3O. The quantitative estimate of drug-likeness (QED) is 0.208. The Labute approximate surface area is 230 Å². The fourth-order valence-electron chi connectivity index (χ4n) is 6.04. The van der Waals surface area contributed by atoms with Crippen LogP contribution in [-0.2, 0) is 16.8 Å². The van der Waals surface area contributed by atoms with Gasteiger partial charge in [-0.05, 0) is 54.0 Å². The predicted octanol–water partition coefficient (Wildman–Crippen LogP) is 7.10. The molecule has 4 aromatic carbocycles. The summed E-state index contributed by atoms with van der Waals surface area (Å²) in [5.41, 5.74) is 5.06. The molecule has 6 rings (SSSR count). The van der Waals surface area contributed by atoms with E-state index < -0.39 is 5.54 Å². The van der Waals surface area contributed by atoms with Crippen LogP contribution in [0.4, 0.5) is 5.69 Å². The first-order chi connectivity index (χ1) is 19.2. The van der Waals surface area contributed by atoms with Crippen molar-refractivity contribution in [1.29, 1.82) is 0 Å². The maximum atomic E-state index is 12.9. The molecule has 1 aliphatic rings. The Morgan fingerprint density at radius 2 is 1.23 bits per heavy atom. The summed E-state index contributed by atoms with van der Waals surface area (Å²) in [4.78, 5) is 19.8. The van der Waals surface area contributed by atoms with Crippen LogP contribution in [0.2, 0.25) is 0 Å². The molecule has 1 aliphatic heterocycles. The van der Waals surface area contributed by atoms with E-state index in [1.807, 2.05) is 41.6 Å². The number of aryl methyl sites for hydroxylation is 1. The van der Waals surface area contributed by atoms with E-state index in [1.165, 1.54) is 16.7 Å². The Morgan fingerprint density at radius 1 is 0.718 bits per heavy atom. The van der Waals surface area contributed by atoms with Crippen LogP contribution >= 0.6 is 0 Å². The highest BCUT2D eigenvalue weighted by atomic mass is 16.2. The summed E-state index contributed by atoms with van der Waals surface area (Å²) in [5, 5.41) is 0. The lowest BCUT2D eigenvalue weighted by Gasteiger charge is -2.37. The van der Waals surface area contributed by atoms with E-state index in [0.29, 0.717) is 12.3 Å². The summed E-state index contributed by atoms with van der Waals surface area (Å²) in [7, 11) is 0. The number of amides is 1. The van der Waals surface area contributed by atoms with Crippen LogP contribution in [0.1, 0.15) is 41.6 Å². The summed E-state index contributed by atoms with van der Waals surface area (Å²) < 4.78 is 2.27. The number of para-hydroxylation sites is 1. The van der Waals surface area contributed by atoms with Gasteiger partial charge in [-0.1, -0.05) is 109 Å². The monoisotopic (exact) mass is 511 g/mol. The minimum atomic E-state index is -0.550. The van der Waals surface area contributed by atoms with Gasteiger partial charge in [-0.2, -0.15) is 0 Å². The van der Waals surface area contributed by atoms with E-state index >= 15 is 0 Å². The van der Waals surface area contributed by atoms with Gasteiger partial charge in [-0.3, -0.25) is 4.79 Å². The summed E-state index contributed by atoms with van der Waals surface area (Å²) in [5.74, 6) is 0.601. The predicted molar refractivity (Wildman–Crippen MR) is 157 cm³/mol. The van der Waals surface area contributed by atoms with Crippen LogP contribution in [0.25, 0.3) is 0 Å². The van der Waals surface area contributed by atoms with E-state index in [1.54, 1.807) is 0 Å². The summed E-state index contributed by atoms with van der Waals surface area (Å²) in [6, 6.07) is 42.0. The number of hydrogen-bond acceptors (Lipinski definition) is 2. The van der Waals surface area contributed by atoms with E-state index in [-0.39, 0.29) is 5.91 Å². The first-order valence-corrected chi connectivity index (χ1v) is 13.8. The van der Waals surface area contributed by atoms with Crippen molar-refractivity contribution in [2.75, 3.05) is 11.4 Å². The van der Waals surface area contributed by atoms with Crippen LogP contribution < -0.4 is 4.90 Å². The van der Waals surface area contributed by atoms with Crippen LogP contribution in [0.3, 0.4) is 0 Å². The smallest absolute Gasteiger partial charge is 0.227 e. The number of benzene rings is 4. The third kappa shape index (κ3) is 4.90. The molecule has 39 heavy (non-hydrogen) atoms. The number of aromatic nitrogens is 2. The van der Waals surface area contributed by atoms with Gasteiger partial charge < -0.3 is 9.47 Å². The van der Waals surface area contributed by atoms with Crippen molar-refractivity contribution in [2.24, 2.45) is 5.92 Å². The summed E-state index contributed by atoms with van der Waals surface area (Å²) in [6.45, 7) is 0.779. The van der Waals surface area contributed by atoms with Crippen LogP contribution in [0.5, 0.6) is 0 Å². The molecule has 0 N–H and O–H groups in total. The standard InChI is InChI=1S/C35H33N3O/c39-34-25-28(23-24-38(34)33-19-11-4-12-20-33)21-22-32-26-37(27-36-32)35(29-13-5-1-6-14-29,30-15-7-2-8-16-30)31-17-9-3-10-18-31/h1-20,26-28H,21-25H2. The lowest BCUT2D eigenvalue weighted by Crippen LogP contribution is -2.39. The van der Waals surface area contributed by atoms with Crippen molar-refractivity contribution in [2.45, 2.75) is 31.2 Å². The van der Waals surface area contributed by atoms with Crippen molar-refractivity contribution in [1.82, 2.24) is 9.55 Å². The summed E-state index contributed by atoms with van der Waals surface area (Å²) >= 11 is 0. The number of carbonyl (C=O) groups is 1. The van der Waals surface area contributed by atoms with E-state index in [0.717, 1.165) is 37.2 Å². The molecule has 1 fully saturated rings. The average Bonchev–Trinajstić information content (AvgIpc) is 3.48. The molecule has 2 heterocycles. The third-order valence-corrected chi connectivity index (χ3v) is 8.00. The second-order valence-corrected chi connectivity index (χ2v) is 10.4. The van der Waals surface area contributed by atoms with Crippen LogP contribution in [-0.4, -0.2) is 22.0 Å². The second kappa shape index (κ2) is 11.1. The van der Waals surface area contributed by atoms with Gasteiger partial charge in [-0.25, -0.2) is 4.98 Å². The zero-order valence-electron chi connectivity index (χ0n) is 22.1. The zero-order chi connectivity index (χ0) is 26.5. The largest absolute Gasteiger partial charge is 0.319 e. The third-order valence-electron chi connectivity index (χ3n) is 8.00. The van der Waals surface area contributed by atoms with Gasteiger partial charge in [0.1, 0.15) is 5.54 Å². The highest BCUT2D eigenvalue weighted by Crippen LogP contribution is 2.41. The van der Waals surface area contributed by atoms with Gasteiger partial charge in [0.2, 0.25) is 5.91 Å². The number of rotatable bonds is 8. The van der Waals surface area contributed by atoms with E-state index in [9.17, 15) is 4.79 Å². The van der Waals surface area contributed by atoms with Crippen molar-refractivity contribution in [3.63, 3.8) is 0 Å². The molecule has 0 saturated carbocycles. The lowest BCUT2D eigenvalue weighted by atomic mass is 9.77. The van der Waals surface area contributed by atoms with Gasteiger partial charge in [0, 0.05) is 24.8 Å². The van der Waals surface area contributed by atoms with Gasteiger partial charge in [0.15, 0.2) is 0 Å². The van der Waals surface area contributed by atoms with Gasteiger partial charge in [0.25, 0.3) is 0 Å². The molecule has 1 atom stereocenters. The number of imidazole rings is 1. The van der Waals surface area contributed by atoms with Crippen molar-refractivity contribution in [3.05, 3.63) is 156 Å². The molecule has 4 heteroatoms. The summed E-state index contributed by atoms with van der Waals surface area (Å²) in [6.07, 6.45) is 7.60. The fourth-order valence-corrected chi connectivity index (χ4v) is 6.04. The van der Waals surface area contributed by atoms with Crippen molar-refractivity contribution in [3.8, 4) is 0 Å². The van der Waals surface area contributed by atoms with E-state index in [4.69, 9.17) is 4.98 Å². The molecule has 1 saturated heterocycles. The minimum absolute atomic E-state index is 0.222. The topological polar surface area (TPSA) is 38.1 Å². The lowest BCUT2D eigenvalue weighted by molar-refractivity contribution is -0.120. The normalized spacial score (nSPS) is 15.8. The average molecular weight is 512 g/mol. The molecule has 0 radical (unpaired) electrons. The molecular weight excluding hydrogens is 478 g/mol. The fraction of sp³-hybridized carbons (Fsp3) is 0.200. The van der Waals surface area contributed by atoms with Crippen LogP contribution in [0.15, 0.2) is 134 Å². The number of nitrogens with zero attached hydrogens (tertiary/aromatic N) is 3. The van der Waals surface area contributed by atoms with Gasteiger partial charge in [-0.15, -0.1) is 0 Å². The molecule has 1 unspecified atom stereocenters. The molecule has 1 aromatic heterocycles. The van der Waals surface area contributed by atoms with Gasteiger partial charge >= 0.3 is 0 Å².